The first-order valence-corrected chi connectivity index (χ1v) is 11.6. The SMILES string of the molecule is CC1CCC(NC(=O)Cc2ccc(NC(=O)N3CCSc4ncccc43)cc2)CC1. The number of aromatic nitrogens is 1. The van der Waals surface area contributed by atoms with Gasteiger partial charge in [-0.15, -0.1) is 11.8 Å². The number of thioether (sulfide) groups is 1. The van der Waals surface area contributed by atoms with Gasteiger partial charge in [-0.05, 0) is 61.4 Å². The Bertz CT molecular complexity index is 894. The van der Waals surface area contributed by atoms with Gasteiger partial charge in [0.25, 0.3) is 0 Å². The van der Waals surface area contributed by atoms with E-state index in [4.69, 9.17) is 0 Å². The first-order chi connectivity index (χ1) is 14.6. The van der Waals surface area contributed by atoms with Crippen LogP contribution in [0.2, 0.25) is 0 Å². The molecular weight excluding hydrogens is 396 g/mol. The molecule has 2 aliphatic rings. The molecule has 4 rings (SSSR count). The second kappa shape index (κ2) is 9.51. The Morgan fingerprint density at radius 1 is 1.13 bits per heavy atom. The molecule has 0 atom stereocenters. The van der Waals surface area contributed by atoms with Gasteiger partial charge >= 0.3 is 6.03 Å². The first kappa shape index (κ1) is 20.7. The van der Waals surface area contributed by atoms with Gasteiger partial charge in [-0.1, -0.05) is 19.1 Å². The maximum absolute atomic E-state index is 12.8. The molecule has 0 saturated heterocycles. The smallest absolute Gasteiger partial charge is 0.326 e. The molecule has 6 nitrogen and oxygen atoms in total. The maximum atomic E-state index is 12.8. The quantitative estimate of drug-likeness (QED) is 0.760. The molecule has 1 fully saturated rings. The van der Waals surface area contributed by atoms with Gasteiger partial charge in [-0.25, -0.2) is 9.78 Å². The molecule has 1 aromatic heterocycles. The van der Waals surface area contributed by atoms with Crippen LogP contribution in [0.3, 0.4) is 0 Å². The molecule has 1 aliphatic carbocycles. The lowest BCUT2D eigenvalue weighted by Crippen LogP contribution is -2.39. The van der Waals surface area contributed by atoms with Gasteiger partial charge < -0.3 is 10.6 Å². The molecule has 1 aliphatic heterocycles. The Kier molecular flexibility index (Phi) is 6.57. The van der Waals surface area contributed by atoms with Crippen molar-refractivity contribution in [3.63, 3.8) is 0 Å². The summed E-state index contributed by atoms with van der Waals surface area (Å²) in [6.45, 7) is 2.92. The number of carbonyl (C=O) groups is 2. The summed E-state index contributed by atoms with van der Waals surface area (Å²) in [7, 11) is 0. The van der Waals surface area contributed by atoms with Crippen molar-refractivity contribution in [3.05, 3.63) is 48.2 Å². The molecule has 0 unspecified atom stereocenters. The number of rotatable bonds is 4. The summed E-state index contributed by atoms with van der Waals surface area (Å²) >= 11 is 1.67. The van der Waals surface area contributed by atoms with E-state index in [0.29, 0.717) is 24.7 Å². The predicted molar refractivity (Wildman–Crippen MR) is 121 cm³/mol. The molecule has 0 radical (unpaired) electrons. The van der Waals surface area contributed by atoms with Crippen molar-refractivity contribution in [3.8, 4) is 0 Å². The number of fused-ring (bicyclic) bond motifs is 1. The topological polar surface area (TPSA) is 74.3 Å². The molecule has 30 heavy (non-hydrogen) atoms. The zero-order valence-electron chi connectivity index (χ0n) is 17.3. The van der Waals surface area contributed by atoms with Crippen LogP contribution in [-0.2, 0) is 11.2 Å². The number of carbonyl (C=O) groups excluding carboxylic acids is 2. The molecule has 2 heterocycles. The van der Waals surface area contributed by atoms with E-state index in [0.717, 1.165) is 40.8 Å². The highest BCUT2D eigenvalue weighted by Crippen LogP contribution is 2.32. The lowest BCUT2D eigenvalue weighted by molar-refractivity contribution is -0.121. The summed E-state index contributed by atoms with van der Waals surface area (Å²) in [4.78, 5) is 31.2. The van der Waals surface area contributed by atoms with E-state index in [1.165, 1.54) is 12.8 Å². The number of hydrogen-bond acceptors (Lipinski definition) is 4. The summed E-state index contributed by atoms with van der Waals surface area (Å²) < 4.78 is 0. The number of nitrogens with zero attached hydrogens (tertiary/aromatic N) is 2. The van der Waals surface area contributed by atoms with Crippen LogP contribution in [0, 0.1) is 5.92 Å². The van der Waals surface area contributed by atoms with E-state index in [1.54, 1.807) is 22.9 Å². The third kappa shape index (κ3) is 5.14. The van der Waals surface area contributed by atoms with Gasteiger partial charge in [-0.2, -0.15) is 0 Å². The molecule has 0 spiro atoms. The van der Waals surface area contributed by atoms with Gasteiger partial charge in [-0.3, -0.25) is 9.69 Å². The molecule has 2 aromatic rings. The lowest BCUT2D eigenvalue weighted by Gasteiger charge is -2.28. The zero-order chi connectivity index (χ0) is 20.9. The summed E-state index contributed by atoms with van der Waals surface area (Å²) in [6.07, 6.45) is 6.64. The van der Waals surface area contributed by atoms with Crippen LogP contribution in [0.4, 0.5) is 16.2 Å². The van der Waals surface area contributed by atoms with Crippen LogP contribution in [0.25, 0.3) is 0 Å². The molecule has 0 bridgehead atoms. The summed E-state index contributed by atoms with van der Waals surface area (Å²) in [5.74, 6) is 1.67. The average Bonchev–Trinajstić information content (AvgIpc) is 2.76. The minimum Gasteiger partial charge on any atom is -0.353 e. The molecule has 158 valence electrons. The maximum Gasteiger partial charge on any atom is 0.326 e. The van der Waals surface area contributed by atoms with Gasteiger partial charge in [0.1, 0.15) is 5.03 Å². The van der Waals surface area contributed by atoms with Crippen LogP contribution in [0.5, 0.6) is 0 Å². The highest BCUT2D eigenvalue weighted by Gasteiger charge is 2.24. The minimum absolute atomic E-state index is 0.0706. The van der Waals surface area contributed by atoms with E-state index in [-0.39, 0.29) is 11.9 Å². The van der Waals surface area contributed by atoms with Crippen molar-refractivity contribution in [2.24, 2.45) is 5.92 Å². The number of benzene rings is 1. The standard InChI is InChI=1S/C23H28N4O2S/c1-16-4-8-18(9-5-16)25-21(28)15-17-6-10-19(11-7-17)26-23(29)27-13-14-30-22-20(27)3-2-12-24-22/h2-3,6-7,10-12,16,18H,4-5,8-9,13-15H2,1H3,(H,25,28)(H,26,29). The number of amides is 3. The Morgan fingerprint density at radius 2 is 1.90 bits per heavy atom. The van der Waals surface area contributed by atoms with Gasteiger partial charge in [0.15, 0.2) is 0 Å². The minimum atomic E-state index is -0.165. The van der Waals surface area contributed by atoms with Crippen molar-refractivity contribution < 1.29 is 9.59 Å². The zero-order valence-corrected chi connectivity index (χ0v) is 18.1. The second-order valence-corrected chi connectivity index (χ2v) is 9.24. The van der Waals surface area contributed by atoms with Crippen molar-refractivity contribution >= 4 is 35.1 Å². The number of hydrogen-bond donors (Lipinski definition) is 2. The van der Waals surface area contributed by atoms with Crippen molar-refractivity contribution in [1.82, 2.24) is 10.3 Å². The number of urea groups is 1. The fraction of sp³-hybridized carbons (Fsp3) is 0.435. The van der Waals surface area contributed by atoms with Gasteiger partial charge in [0.05, 0.1) is 12.1 Å². The summed E-state index contributed by atoms with van der Waals surface area (Å²) in [6, 6.07) is 11.4. The highest BCUT2D eigenvalue weighted by atomic mass is 32.2. The van der Waals surface area contributed by atoms with Crippen molar-refractivity contribution in [2.45, 2.75) is 50.1 Å². The Balaban J connectivity index is 1.31. The van der Waals surface area contributed by atoms with Crippen molar-refractivity contribution in [2.75, 3.05) is 22.5 Å². The molecule has 7 heteroatoms. The van der Waals surface area contributed by atoms with E-state index in [2.05, 4.69) is 22.5 Å². The van der Waals surface area contributed by atoms with Crippen LogP contribution in [0.15, 0.2) is 47.6 Å². The van der Waals surface area contributed by atoms with E-state index >= 15 is 0 Å². The Labute approximate surface area is 181 Å². The van der Waals surface area contributed by atoms with Crippen LogP contribution in [0.1, 0.15) is 38.2 Å². The third-order valence-electron chi connectivity index (χ3n) is 5.79. The summed E-state index contributed by atoms with van der Waals surface area (Å²) in [5.41, 5.74) is 2.50. The number of anilines is 2. The summed E-state index contributed by atoms with van der Waals surface area (Å²) in [5, 5.41) is 7.00. The molecule has 2 N–H and O–H groups in total. The van der Waals surface area contributed by atoms with E-state index < -0.39 is 0 Å². The first-order valence-electron chi connectivity index (χ1n) is 10.6. The van der Waals surface area contributed by atoms with Crippen LogP contribution in [-0.4, -0.2) is 35.3 Å². The van der Waals surface area contributed by atoms with E-state index in [9.17, 15) is 9.59 Å². The third-order valence-corrected chi connectivity index (χ3v) is 6.77. The molecule has 1 aromatic carbocycles. The molecular formula is C23H28N4O2S. The monoisotopic (exact) mass is 424 g/mol. The van der Waals surface area contributed by atoms with Gasteiger partial charge in [0.2, 0.25) is 5.91 Å². The number of pyridine rings is 1. The highest BCUT2D eigenvalue weighted by molar-refractivity contribution is 7.99. The predicted octanol–water partition coefficient (Wildman–Crippen LogP) is 4.46. The lowest BCUT2D eigenvalue weighted by atomic mass is 9.87. The van der Waals surface area contributed by atoms with Crippen molar-refractivity contribution in [1.29, 1.82) is 0 Å². The second-order valence-electron chi connectivity index (χ2n) is 8.16. The Morgan fingerprint density at radius 3 is 2.67 bits per heavy atom. The van der Waals surface area contributed by atoms with Gasteiger partial charge in [0, 0.05) is 30.2 Å². The largest absolute Gasteiger partial charge is 0.353 e. The number of nitrogens with one attached hydrogen (secondary N) is 2. The average molecular weight is 425 g/mol. The molecule has 1 saturated carbocycles. The fourth-order valence-electron chi connectivity index (χ4n) is 4.03. The fourth-order valence-corrected chi connectivity index (χ4v) is 4.96. The van der Waals surface area contributed by atoms with Crippen LogP contribution < -0.4 is 15.5 Å². The molecule has 3 amide bonds. The Hall–Kier alpha value is -2.54. The van der Waals surface area contributed by atoms with Crippen LogP contribution >= 0.6 is 11.8 Å². The normalized spacial score (nSPS) is 20.9. The van der Waals surface area contributed by atoms with E-state index in [1.807, 2.05) is 36.4 Å².